The van der Waals surface area contributed by atoms with Crippen LogP contribution in [0.4, 0.5) is 4.39 Å². The van der Waals surface area contributed by atoms with E-state index in [1.165, 1.54) is 6.07 Å². The zero-order valence-corrected chi connectivity index (χ0v) is 15.0. The molecular formula is C21H17ClFN3. The van der Waals surface area contributed by atoms with Gasteiger partial charge in [-0.05, 0) is 66.6 Å². The number of H-pyrrole nitrogens is 1. The number of aromatic nitrogens is 3. The Morgan fingerprint density at radius 1 is 1.12 bits per heavy atom. The predicted octanol–water partition coefficient (Wildman–Crippen LogP) is 5.56. The first-order valence-electron chi connectivity index (χ1n) is 8.33. The minimum atomic E-state index is -0.236. The van der Waals surface area contributed by atoms with Crippen LogP contribution in [0, 0.1) is 12.7 Å². The van der Waals surface area contributed by atoms with Crippen molar-refractivity contribution in [3.8, 4) is 17.1 Å². The maximum atomic E-state index is 13.7. The van der Waals surface area contributed by atoms with Gasteiger partial charge in [0.1, 0.15) is 17.3 Å². The summed E-state index contributed by atoms with van der Waals surface area (Å²) in [5.41, 5.74) is 4.70. The van der Waals surface area contributed by atoms with Gasteiger partial charge < -0.3 is 9.55 Å². The van der Waals surface area contributed by atoms with E-state index in [0.717, 1.165) is 34.0 Å². The second-order valence-corrected chi connectivity index (χ2v) is 6.66. The van der Waals surface area contributed by atoms with Crippen molar-refractivity contribution in [1.29, 1.82) is 0 Å². The quantitative estimate of drug-likeness (QED) is 0.504. The SMILES string of the molecule is Cc1ccc(F)cc1Cc1nc(-c2ccc[nH]2)cn1-c1ccc(Cl)cc1. The minimum absolute atomic E-state index is 0.236. The number of halogens is 2. The summed E-state index contributed by atoms with van der Waals surface area (Å²) in [5.74, 6) is 0.602. The van der Waals surface area contributed by atoms with Crippen LogP contribution >= 0.6 is 11.6 Å². The molecule has 0 amide bonds. The van der Waals surface area contributed by atoms with Gasteiger partial charge in [0.15, 0.2) is 0 Å². The second-order valence-electron chi connectivity index (χ2n) is 6.22. The van der Waals surface area contributed by atoms with E-state index in [9.17, 15) is 4.39 Å². The van der Waals surface area contributed by atoms with Gasteiger partial charge in [-0.25, -0.2) is 9.37 Å². The second kappa shape index (κ2) is 6.81. The third-order valence-electron chi connectivity index (χ3n) is 4.42. The van der Waals surface area contributed by atoms with Gasteiger partial charge in [0.25, 0.3) is 0 Å². The molecule has 4 aromatic rings. The van der Waals surface area contributed by atoms with Crippen molar-refractivity contribution in [2.75, 3.05) is 0 Å². The first-order chi connectivity index (χ1) is 12.6. The molecule has 3 nitrogen and oxygen atoms in total. The lowest BCUT2D eigenvalue weighted by Gasteiger charge is -2.10. The Labute approximate surface area is 156 Å². The fourth-order valence-electron chi connectivity index (χ4n) is 2.99. The molecule has 0 atom stereocenters. The third kappa shape index (κ3) is 3.28. The van der Waals surface area contributed by atoms with Crippen LogP contribution in [0.1, 0.15) is 17.0 Å². The van der Waals surface area contributed by atoms with E-state index in [0.29, 0.717) is 11.4 Å². The maximum Gasteiger partial charge on any atom is 0.123 e. The zero-order valence-electron chi connectivity index (χ0n) is 14.2. The largest absolute Gasteiger partial charge is 0.360 e. The predicted molar refractivity (Wildman–Crippen MR) is 102 cm³/mol. The standard InChI is InChI=1S/C21H17ClFN3/c1-14-4-7-17(23)11-15(14)12-21-25-20(19-3-2-10-24-19)13-26(21)18-8-5-16(22)6-9-18/h2-11,13,24H,12H2,1H3. The molecule has 1 N–H and O–H groups in total. The molecule has 0 saturated carbocycles. The maximum absolute atomic E-state index is 13.7. The Hall–Kier alpha value is -2.85. The number of rotatable bonds is 4. The molecule has 130 valence electrons. The van der Waals surface area contributed by atoms with Crippen LogP contribution in [0.25, 0.3) is 17.1 Å². The molecule has 0 aliphatic rings. The van der Waals surface area contributed by atoms with Gasteiger partial charge in [-0.3, -0.25) is 0 Å². The van der Waals surface area contributed by atoms with Crippen molar-refractivity contribution in [2.45, 2.75) is 13.3 Å². The highest BCUT2D eigenvalue weighted by Gasteiger charge is 2.14. The topological polar surface area (TPSA) is 33.6 Å². The van der Waals surface area contributed by atoms with Crippen molar-refractivity contribution in [3.05, 3.63) is 94.8 Å². The lowest BCUT2D eigenvalue weighted by Crippen LogP contribution is -2.03. The van der Waals surface area contributed by atoms with Gasteiger partial charge in [0.05, 0.1) is 5.69 Å². The molecule has 26 heavy (non-hydrogen) atoms. The van der Waals surface area contributed by atoms with Gasteiger partial charge in [0, 0.05) is 29.5 Å². The number of nitrogens with one attached hydrogen (secondary N) is 1. The van der Waals surface area contributed by atoms with Gasteiger partial charge in [-0.15, -0.1) is 0 Å². The average Bonchev–Trinajstić information content (AvgIpc) is 3.29. The van der Waals surface area contributed by atoms with Crippen LogP contribution < -0.4 is 0 Å². The lowest BCUT2D eigenvalue weighted by atomic mass is 10.1. The normalized spacial score (nSPS) is 11.0. The van der Waals surface area contributed by atoms with E-state index in [-0.39, 0.29) is 5.82 Å². The molecule has 5 heteroatoms. The number of hydrogen-bond acceptors (Lipinski definition) is 1. The minimum Gasteiger partial charge on any atom is -0.360 e. The molecule has 0 bridgehead atoms. The van der Waals surface area contributed by atoms with Crippen molar-refractivity contribution in [1.82, 2.24) is 14.5 Å². The molecule has 2 aromatic carbocycles. The molecule has 2 heterocycles. The molecule has 4 rings (SSSR count). The summed E-state index contributed by atoms with van der Waals surface area (Å²) >= 11 is 6.02. The Morgan fingerprint density at radius 3 is 2.65 bits per heavy atom. The first kappa shape index (κ1) is 16.6. The Bertz CT molecular complexity index is 1030. The summed E-state index contributed by atoms with van der Waals surface area (Å²) in [6, 6.07) is 16.4. The van der Waals surface area contributed by atoms with Crippen molar-refractivity contribution >= 4 is 11.6 Å². The fourth-order valence-corrected chi connectivity index (χ4v) is 3.11. The molecule has 0 aliphatic heterocycles. The fraction of sp³-hybridized carbons (Fsp3) is 0.0952. The van der Waals surface area contributed by atoms with E-state index in [2.05, 4.69) is 4.98 Å². The smallest absolute Gasteiger partial charge is 0.123 e. The molecule has 2 aromatic heterocycles. The van der Waals surface area contributed by atoms with Crippen molar-refractivity contribution < 1.29 is 4.39 Å². The van der Waals surface area contributed by atoms with Gasteiger partial charge in [0.2, 0.25) is 0 Å². The Morgan fingerprint density at radius 2 is 1.92 bits per heavy atom. The molecule has 0 unspecified atom stereocenters. The van der Waals surface area contributed by atoms with Gasteiger partial charge in [-0.1, -0.05) is 17.7 Å². The van der Waals surface area contributed by atoms with Gasteiger partial charge >= 0.3 is 0 Å². The summed E-state index contributed by atoms with van der Waals surface area (Å²) in [6.07, 6.45) is 4.39. The summed E-state index contributed by atoms with van der Waals surface area (Å²) in [7, 11) is 0. The number of nitrogens with zero attached hydrogens (tertiary/aromatic N) is 2. The molecule has 0 fully saturated rings. The van der Waals surface area contributed by atoms with Crippen LogP contribution in [0.2, 0.25) is 5.02 Å². The van der Waals surface area contributed by atoms with Crippen molar-refractivity contribution in [2.24, 2.45) is 0 Å². The monoisotopic (exact) mass is 365 g/mol. The summed E-state index contributed by atoms with van der Waals surface area (Å²) in [6.45, 7) is 1.98. The summed E-state index contributed by atoms with van der Waals surface area (Å²) in [4.78, 5) is 7.98. The summed E-state index contributed by atoms with van der Waals surface area (Å²) < 4.78 is 15.7. The number of imidazole rings is 1. The number of aromatic amines is 1. The third-order valence-corrected chi connectivity index (χ3v) is 4.67. The van der Waals surface area contributed by atoms with Crippen LogP contribution in [0.5, 0.6) is 0 Å². The highest BCUT2D eigenvalue weighted by atomic mass is 35.5. The molecule has 0 radical (unpaired) electrons. The molecule has 0 spiro atoms. The van der Waals surface area contributed by atoms with Crippen LogP contribution in [-0.4, -0.2) is 14.5 Å². The molecule has 0 aliphatic carbocycles. The van der Waals surface area contributed by atoms with E-state index < -0.39 is 0 Å². The van der Waals surface area contributed by atoms with E-state index in [1.807, 2.05) is 60.3 Å². The summed E-state index contributed by atoms with van der Waals surface area (Å²) in [5, 5.41) is 0.681. The lowest BCUT2D eigenvalue weighted by molar-refractivity contribution is 0.625. The highest BCUT2D eigenvalue weighted by Crippen LogP contribution is 2.24. The van der Waals surface area contributed by atoms with E-state index in [4.69, 9.17) is 16.6 Å². The van der Waals surface area contributed by atoms with E-state index >= 15 is 0 Å². The zero-order chi connectivity index (χ0) is 18.1. The number of benzene rings is 2. The number of hydrogen-bond donors (Lipinski definition) is 1. The number of aryl methyl sites for hydroxylation is 1. The van der Waals surface area contributed by atoms with Crippen molar-refractivity contribution in [3.63, 3.8) is 0 Å². The van der Waals surface area contributed by atoms with Crippen LogP contribution in [-0.2, 0) is 6.42 Å². The highest BCUT2D eigenvalue weighted by molar-refractivity contribution is 6.30. The Balaban J connectivity index is 1.81. The van der Waals surface area contributed by atoms with Crippen LogP contribution in [0.3, 0.4) is 0 Å². The van der Waals surface area contributed by atoms with E-state index in [1.54, 1.807) is 12.1 Å². The first-order valence-corrected chi connectivity index (χ1v) is 8.71. The average molecular weight is 366 g/mol. The van der Waals surface area contributed by atoms with Gasteiger partial charge in [-0.2, -0.15) is 0 Å². The molecule has 0 saturated heterocycles. The van der Waals surface area contributed by atoms with Crippen LogP contribution in [0.15, 0.2) is 67.0 Å². The molecular weight excluding hydrogens is 349 g/mol. The Kier molecular flexibility index (Phi) is 4.35.